The van der Waals surface area contributed by atoms with E-state index in [1.165, 1.54) is 0 Å². The number of amides is 1. The Morgan fingerprint density at radius 3 is 2.40 bits per heavy atom. The summed E-state index contributed by atoms with van der Waals surface area (Å²) in [5.74, 6) is -1.80. The van der Waals surface area contributed by atoms with Crippen molar-refractivity contribution in [2.24, 2.45) is 11.7 Å². The second-order valence-electron chi connectivity index (χ2n) is 4.96. The summed E-state index contributed by atoms with van der Waals surface area (Å²) in [4.78, 5) is 22.9. The van der Waals surface area contributed by atoms with Crippen LogP contribution in [0, 0.1) is 12.8 Å². The zero-order valence-electron chi connectivity index (χ0n) is 11.9. The lowest BCUT2D eigenvalue weighted by atomic mass is 10.0. The molecule has 0 aliphatic rings. The van der Waals surface area contributed by atoms with Gasteiger partial charge in [0.25, 0.3) is 0 Å². The molecule has 0 aliphatic carbocycles. The van der Waals surface area contributed by atoms with E-state index in [9.17, 15) is 9.59 Å². The van der Waals surface area contributed by atoms with Crippen LogP contribution in [0.5, 0.6) is 0 Å². The summed E-state index contributed by atoms with van der Waals surface area (Å²) in [5, 5.41) is 11.6. The zero-order valence-corrected chi connectivity index (χ0v) is 11.9. The number of aryl methyl sites for hydroxylation is 1. The van der Waals surface area contributed by atoms with Gasteiger partial charge in [-0.2, -0.15) is 0 Å². The summed E-state index contributed by atoms with van der Waals surface area (Å²) >= 11 is 0. The zero-order chi connectivity index (χ0) is 15.1. The fraction of sp³-hybridized carbons (Fsp3) is 0.467. The first-order chi connectivity index (χ1) is 9.45. The molecule has 4 N–H and O–H groups in total. The fourth-order valence-corrected chi connectivity index (χ4v) is 1.92. The Labute approximate surface area is 119 Å². The molecular formula is C15H22N2O3. The topological polar surface area (TPSA) is 92.4 Å². The van der Waals surface area contributed by atoms with Gasteiger partial charge in [-0.1, -0.05) is 43.2 Å². The van der Waals surface area contributed by atoms with Crippen molar-refractivity contribution in [3.8, 4) is 0 Å². The van der Waals surface area contributed by atoms with Crippen LogP contribution in [-0.2, 0) is 9.59 Å². The minimum absolute atomic E-state index is 0.113. The molecule has 2 atom stereocenters. The molecule has 1 aromatic carbocycles. The van der Waals surface area contributed by atoms with Crippen LogP contribution in [0.25, 0.3) is 0 Å². The van der Waals surface area contributed by atoms with Crippen LogP contribution < -0.4 is 11.1 Å². The van der Waals surface area contributed by atoms with Crippen molar-refractivity contribution in [1.82, 2.24) is 5.32 Å². The summed E-state index contributed by atoms with van der Waals surface area (Å²) in [6, 6.07) is 6.62. The van der Waals surface area contributed by atoms with Crippen molar-refractivity contribution in [3.63, 3.8) is 0 Å². The van der Waals surface area contributed by atoms with Crippen LogP contribution in [0.1, 0.15) is 36.9 Å². The van der Waals surface area contributed by atoms with E-state index in [2.05, 4.69) is 5.32 Å². The Morgan fingerprint density at radius 1 is 1.30 bits per heavy atom. The average Bonchev–Trinajstić information content (AvgIpc) is 2.42. The van der Waals surface area contributed by atoms with Crippen molar-refractivity contribution in [2.45, 2.75) is 32.7 Å². The third kappa shape index (κ3) is 4.66. The fourth-order valence-electron chi connectivity index (χ4n) is 1.92. The van der Waals surface area contributed by atoms with Gasteiger partial charge in [-0.15, -0.1) is 0 Å². The van der Waals surface area contributed by atoms with E-state index < -0.39 is 17.9 Å². The molecule has 1 rings (SSSR count). The quantitative estimate of drug-likeness (QED) is 0.706. The third-order valence-electron chi connectivity index (χ3n) is 3.23. The average molecular weight is 278 g/mol. The van der Waals surface area contributed by atoms with Gasteiger partial charge in [-0.3, -0.25) is 9.59 Å². The number of hydrogen-bond donors (Lipinski definition) is 3. The minimum atomic E-state index is -0.893. The Kier molecular flexibility index (Phi) is 6.18. The highest BCUT2D eigenvalue weighted by atomic mass is 16.4. The van der Waals surface area contributed by atoms with Crippen molar-refractivity contribution in [3.05, 3.63) is 35.4 Å². The predicted molar refractivity (Wildman–Crippen MR) is 77.2 cm³/mol. The molecule has 0 spiro atoms. The molecule has 5 nitrogen and oxygen atoms in total. The van der Waals surface area contributed by atoms with Crippen LogP contribution in [-0.4, -0.2) is 23.5 Å². The first-order valence-corrected chi connectivity index (χ1v) is 6.78. The lowest BCUT2D eigenvalue weighted by Gasteiger charge is -2.16. The molecule has 1 aromatic rings. The maximum Gasteiger partial charge on any atom is 0.308 e. The number of carboxylic acids is 1. The molecule has 20 heavy (non-hydrogen) atoms. The molecule has 1 amide bonds. The van der Waals surface area contributed by atoms with Gasteiger partial charge in [-0.25, -0.2) is 0 Å². The van der Waals surface area contributed by atoms with Gasteiger partial charge in [0.15, 0.2) is 0 Å². The van der Waals surface area contributed by atoms with E-state index in [0.29, 0.717) is 6.42 Å². The summed E-state index contributed by atoms with van der Waals surface area (Å²) in [5.41, 5.74) is 7.68. The van der Waals surface area contributed by atoms with Gasteiger partial charge in [0.05, 0.1) is 5.92 Å². The van der Waals surface area contributed by atoms with Gasteiger partial charge in [0, 0.05) is 6.54 Å². The number of nitrogens with two attached hydrogens (primary N) is 1. The standard InChI is InChI=1S/C15H22N2O3/c1-3-4-12(15(19)20)9-17-14(18)13(16)11-7-5-10(2)6-8-11/h5-8,12-13H,3-4,9,16H2,1-2H3,(H,17,18)(H,19,20). The predicted octanol–water partition coefficient (Wildman–Crippen LogP) is 1.61. The van der Waals surface area contributed by atoms with E-state index in [-0.39, 0.29) is 12.5 Å². The molecule has 5 heteroatoms. The molecule has 0 radical (unpaired) electrons. The van der Waals surface area contributed by atoms with Crippen molar-refractivity contribution >= 4 is 11.9 Å². The molecule has 0 saturated heterocycles. The summed E-state index contributed by atoms with van der Waals surface area (Å²) in [6.07, 6.45) is 1.30. The number of benzene rings is 1. The molecule has 0 saturated carbocycles. The second kappa shape index (κ2) is 7.65. The van der Waals surface area contributed by atoms with E-state index in [0.717, 1.165) is 17.5 Å². The van der Waals surface area contributed by atoms with Gasteiger partial charge < -0.3 is 16.2 Å². The Balaban J connectivity index is 2.57. The lowest BCUT2D eigenvalue weighted by molar-refractivity contribution is -0.142. The monoisotopic (exact) mass is 278 g/mol. The smallest absolute Gasteiger partial charge is 0.308 e. The van der Waals surface area contributed by atoms with Crippen LogP contribution in [0.2, 0.25) is 0 Å². The number of carbonyl (C=O) groups excluding carboxylic acids is 1. The van der Waals surface area contributed by atoms with Crippen LogP contribution in [0.15, 0.2) is 24.3 Å². The SMILES string of the molecule is CCCC(CNC(=O)C(N)c1ccc(C)cc1)C(=O)O. The number of hydrogen-bond acceptors (Lipinski definition) is 3. The van der Waals surface area contributed by atoms with Crippen LogP contribution in [0.4, 0.5) is 0 Å². The number of rotatable bonds is 7. The Morgan fingerprint density at radius 2 is 1.90 bits per heavy atom. The molecule has 0 fully saturated rings. The minimum Gasteiger partial charge on any atom is -0.481 e. The van der Waals surface area contributed by atoms with E-state index in [1.807, 2.05) is 26.0 Å². The Bertz CT molecular complexity index is 457. The first-order valence-electron chi connectivity index (χ1n) is 6.78. The molecule has 0 aliphatic heterocycles. The maximum atomic E-state index is 11.9. The second-order valence-corrected chi connectivity index (χ2v) is 4.96. The van der Waals surface area contributed by atoms with Crippen molar-refractivity contribution in [1.29, 1.82) is 0 Å². The molecule has 0 heterocycles. The molecule has 2 unspecified atom stereocenters. The highest BCUT2D eigenvalue weighted by Gasteiger charge is 2.20. The number of aliphatic carboxylic acids is 1. The van der Waals surface area contributed by atoms with E-state index >= 15 is 0 Å². The highest BCUT2D eigenvalue weighted by molar-refractivity contribution is 5.83. The molecular weight excluding hydrogens is 256 g/mol. The highest BCUT2D eigenvalue weighted by Crippen LogP contribution is 2.12. The van der Waals surface area contributed by atoms with Gasteiger partial charge in [0.1, 0.15) is 6.04 Å². The largest absolute Gasteiger partial charge is 0.481 e. The lowest BCUT2D eigenvalue weighted by Crippen LogP contribution is -2.38. The normalized spacial score (nSPS) is 13.6. The third-order valence-corrected chi connectivity index (χ3v) is 3.23. The van der Waals surface area contributed by atoms with Gasteiger partial charge in [-0.05, 0) is 18.9 Å². The first kappa shape index (κ1) is 16.2. The van der Waals surface area contributed by atoms with Crippen LogP contribution in [0.3, 0.4) is 0 Å². The summed E-state index contributed by atoms with van der Waals surface area (Å²) < 4.78 is 0. The van der Waals surface area contributed by atoms with Crippen LogP contribution >= 0.6 is 0 Å². The van der Waals surface area contributed by atoms with Gasteiger partial charge >= 0.3 is 5.97 Å². The number of carbonyl (C=O) groups is 2. The van der Waals surface area contributed by atoms with Crippen molar-refractivity contribution in [2.75, 3.05) is 6.54 Å². The van der Waals surface area contributed by atoms with E-state index in [4.69, 9.17) is 10.8 Å². The molecule has 110 valence electrons. The number of carboxylic acid groups (broad SMARTS) is 1. The van der Waals surface area contributed by atoms with E-state index in [1.54, 1.807) is 12.1 Å². The maximum absolute atomic E-state index is 11.9. The Hall–Kier alpha value is -1.88. The molecule has 0 bridgehead atoms. The van der Waals surface area contributed by atoms with Crippen molar-refractivity contribution < 1.29 is 14.7 Å². The number of nitrogens with one attached hydrogen (secondary N) is 1. The summed E-state index contributed by atoms with van der Waals surface area (Å²) in [7, 11) is 0. The molecule has 0 aromatic heterocycles. The summed E-state index contributed by atoms with van der Waals surface area (Å²) in [6.45, 7) is 3.98. The van der Waals surface area contributed by atoms with Gasteiger partial charge in [0.2, 0.25) is 5.91 Å².